The van der Waals surface area contributed by atoms with Crippen LogP contribution in [0.4, 0.5) is 11.6 Å². The van der Waals surface area contributed by atoms with Crippen molar-refractivity contribution in [2.24, 2.45) is 5.41 Å². The third-order valence-corrected chi connectivity index (χ3v) is 9.94. The van der Waals surface area contributed by atoms with Crippen LogP contribution in [0.5, 0.6) is 6.01 Å². The fraction of sp³-hybridized carbons (Fsp3) is 0.594. The van der Waals surface area contributed by atoms with Crippen molar-refractivity contribution in [3.05, 3.63) is 48.3 Å². The van der Waals surface area contributed by atoms with E-state index in [1.807, 2.05) is 12.3 Å². The number of piperidine rings is 1. The molecule has 1 amide bonds. The lowest BCUT2D eigenvalue weighted by Crippen LogP contribution is -2.55. The topological polar surface area (TPSA) is 102 Å². The summed E-state index contributed by atoms with van der Waals surface area (Å²) in [6.07, 6.45) is 11.0. The van der Waals surface area contributed by atoms with Gasteiger partial charge in [0, 0.05) is 50.5 Å². The monoisotopic (exact) mass is 570 g/mol. The van der Waals surface area contributed by atoms with Crippen LogP contribution in [0.1, 0.15) is 49.8 Å². The Morgan fingerprint density at radius 2 is 2.00 bits per heavy atom. The summed E-state index contributed by atoms with van der Waals surface area (Å²) < 4.78 is 6.32. The first-order chi connectivity index (χ1) is 20.5. The molecule has 1 spiro atoms. The van der Waals surface area contributed by atoms with Crippen LogP contribution in [0.25, 0.3) is 0 Å². The Bertz CT molecular complexity index is 1320. The fourth-order valence-corrected chi connectivity index (χ4v) is 7.33. The first kappa shape index (κ1) is 28.4. The van der Waals surface area contributed by atoms with Crippen LogP contribution in [0.3, 0.4) is 0 Å². The number of ether oxygens (including phenoxy) is 1. The van der Waals surface area contributed by atoms with Gasteiger partial charge in [0.1, 0.15) is 18.2 Å². The number of nitrogens with zero attached hydrogens (tertiary/aromatic N) is 8. The van der Waals surface area contributed by atoms with Crippen LogP contribution in [0, 0.1) is 16.7 Å². The Labute approximate surface area is 249 Å². The van der Waals surface area contributed by atoms with Gasteiger partial charge in [-0.25, -0.2) is 4.98 Å². The molecule has 222 valence electrons. The number of likely N-dealkylation sites (tertiary alicyclic amines) is 1. The SMILES string of the molecule is C=CC(=O)N1CCN(c2nc(OCC3CCCN3C)nc3c2CCC2(CCN(c4ccccn4)CC2)C3)CC1CC#N. The second-order valence-corrected chi connectivity index (χ2v) is 12.4. The van der Waals surface area contributed by atoms with Gasteiger partial charge in [-0.05, 0) is 82.2 Å². The van der Waals surface area contributed by atoms with Gasteiger partial charge in [0.05, 0.1) is 24.2 Å². The number of hydrogen-bond donors (Lipinski definition) is 0. The molecule has 4 aliphatic rings. The molecule has 0 radical (unpaired) electrons. The fourth-order valence-electron chi connectivity index (χ4n) is 7.33. The van der Waals surface area contributed by atoms with Gasteiger partial charge in [0.25, 0.3) is 0 Å². The first-order valence-corrected chi connectivity index (χ1v) is 15.4. The second kappa shape index (κ2) is 12.3. The summed E-state index contributed by atoms with van der Waals surface area (Å²) in [6, 6.07) is 9.02. The number of anilines is 2. The van der Waals surface area contributed by atoms with Gasteiger partial charge in [0.2, 0.25) is 5.91 Å². The average molecular weight is 571 g/mol. The molecule has 5 heterocycles. The van der Waals surface area contributed by atoms with E-state index in [0.29, 0.717) is 38.3 Å². The quantitative estimate of drug-likeness (QED) is 0.464. The van der Waals surface area contributed by atoms with Crippen LogP contribution >= 0.6 is 0 Å². The Kier molecular flexibility index (Phi) is 8.29. The highest BCUT2D eigenvalue weighted by molar-refractivity contribution is 5.87. The summed E-state index contributed by atoms with van der Waals surface area (Å²) >= 11 is 0. The van der Waals surface area contributed by atoms with Gasteiger partial charge in [0.15, 0.2) is 0 Å². The van der Waals surface area contributed by atoms with Crippen molar-refractivity contribution in [3.63, 3.8) is 0 Å². The van der Waals surface area contributed by atoms with E-state index < -0.39 is 0 Å². The molecule has 0 N–H and O–H groups in total. The summed E-state index contributed by atoms with van der Waals surface area (Å²) in [4.78, 5) is 36.0. The summed E-state index contributed by atoms with van der Waals surface area (Å²) in [5.41, 5.74) is 2.52. The summed E-state index contributed by atoms with van der Waals surface area (Å²) in [5.74, 6) is 1.86. The number of amides is 1. The van der Waals surface area contributed by atoms with E-state index in [1.54, 1.807) is 4.90 Å². The standard InChI is InChI=1S/C32H42N8O2/c1-3-29(41)40-20-19-39(22-24(40)10-14-33)30-26-9-11-32(12-17-38(18-13-32)28-8-4-5-15-34-28)21-27(26)35-31(36-30)42-23-25-7-6-16-37(25)2/h3-5,8,15,24-25H,1,6-7,9-13,16-23H2,2H3. The zero-order valence-electron chi connectivity index (χ0n) is 24.7. The van der Waals surface area contributed by atoms with E-state index in [9.17, 15) is 10.1 Å². The zero-order chi connectivity index (χ0) is 29.1. The maximum absolute atomic E-state index is 12.5. The van der Waals surface area contributed by atoms with Crippen molar-refractivity contribution < 1.29 is 9.53 Å². The van der Waals surface area contributed by atoms with Gasteiger partial charge in [-0.2, -0.15) is 15.2 Å². The third-order valence-electron chi connectivity index (χ3n) is 9.94. The third kappa shape index (κ3) is 5.80. The molecule has 10 heteroatoms. The summed E-state index contributed by atoms with van der Waals surface area (Å²) in [5, 5.41) is 9.52. The molecular weight excluding hydrogens is 528 g/mol. The van der Waals surface area contributed by atoms with Crippen molar-refractivity contribution in [1.82, 2.24) is 24.8 Å². The lowest BCUT2D eigenvalue weighted by molar-refractivity contribution is -0.128. The van der Waals surface area contributed by atoms with Gasteiger partial charge >= 0.3 is 6.01 Å². The smallest absolute Gasteiger partial charge is 0.318 e. The predicted octanol–water partition coefficient (Wildman–Crippen LogP) is 3.24. The van der Waals surface area contributed by atoms with Gasteiger partial charge < -0.3 is 24.3 Å². The van der Waals surface area contributed by atoms with E-state index >= 15 is 0 Å². The minimum atomic E-state index is -0.206. The second-order valence-electron chi connectivity index (χ2n) is 12.4. The molecule has 0 bridgehead atoms. The van der Waals surface area contributed by atoms with Crippen molar-refractivity contribution in [1.29, 1.82) is 5.26 Å². The number of aromatic nitrogens is 3. The first-order valence-electron chi connectivity index (χ1n) is 15.4. The molecule has 2 aromatic rings. The molecule has 3 saturated heterocycles. The largest absolute Gasteiger partial charge is 0.462 e. The van der Waals surface area contributed by atoms with Crippen molar-refractivity contribution in [2.45, 2.75) is 63.5 Å². The highest BCUT2D eigenvalue weighted by Gasteiger charge is 2.41. The van der Waals surface area contributed by atoms with E-state index in [-0.39, 0.29) is 23.8 Å². The van der Waals surface area contributed by atoms with Crippen molar-refractivity contribution >= 4 is 17.5 Å². The minimum absolute atomic E-state index is 0.122. The van der Waals surface area contributed by atoms with Crippen LogP contribution in [0.15, 0.2) is 37.1 Å². The van der Waals surface area contributed by atoms with Crippen LogP contribution < -0.4 is 14.5 Å². The van der Waals surface area contributed by atoms with Gasteiger partial charge in [-0.3, -0.25) is 4.79 Å². The Hall–Kier alpha value is -3.71. The predicted molar refractivity (Wildman–Crippen MR) is 161 cm³/mol. The Balaban J connectivity index is 1.25. The lowest BCUT2D eigenvalue weighted by atomic mass is 9.67. The van der Waals surface area contributed by atoms with Gasteiger partial charge in [-0.1, -0.05) is 12.6 Å². The van der Waals surface area contributed by atoms with Crippen LogP contribution in [0.2, 0.25) is 0 Å². The van der Waals surface area contributed by atoms with Gasteiger partial charge in [-0.15, -0.1) is 0 Å². The molecular formula is C32H42N8O2. The molecule has 2 unspecified atom stereocenters. The Morgan fingerprint density at radius 3 is 2.71 bits per heavy atom. The number of carbonyl (C=O) groups is 1. The molecule has 3 fully saturated rings. The molecule has 6 rings (SSSR count). The molecule has 2 atom stereocenters. The number of fused-ring (bicyclic) bond motifs is 1. The maximum atomic E-state index is 12.5. The van der Waals surface area contributed by atoms with Crippen LogP contribution in [-0.2, 0) is 17.6 Å². The molecule has 3 aliphatic heterocycles. The molecule has 1 aliphatic carbocycles. The van der Waals surface area contributed by atoms with E-state index in [2.05, 4.69) is 51.5 Å². The number of piperazine rings is 1. The number of hydrogen-bond acceptors (Lipinski definition) is 9. The molecule has 2 aromatic heterocycles. The summed E-state index contributed by atoms with van der Waals surface area (Å²) in [6.45, 7) is 9.08. The summed E-state index contributed by atoms with van der Waals surface area (Å²) in [7, 11) is 2.15. The molecule has 10 nitrogen and oxygen atoms in total. The number of carbonyl (C=O) groups excluding carboxylic acids is 1. The lowest BCUT2D eigenvalue weighted by Gasteiger charge is -2.46. The highest BCUT2D eigenvalue weighted by Crippen LogP contribution is 2.45. The maximum Gasteiger partial charge on any atom is 0.318 e. The van der Waals surface area contributed by atoms with E-state index in [1.165, 1.54) is 18.1 Å². The molecule has 0 saturated carbocycles. The zero-order valence-corrected chi connectivity index (χ0v) is 24.7. The average Bonchev–Trinajstić information content (AvgIpc) is 3.44. The minimum Gasteiger partial charge on any atom is -0.462 e. The Morgan fingerprint density at radius 1 is 1.14 bits per heavy atom. The molecule has 0 aromatic carbocycles. The number of rotatable bonds is 7. The molecule has 42 heavy (non-hydrogen) atoms. The van der Waals surface area contributed by atoms with Crippen molar-refractivity contribution in [2.75, 3.05) is 62.7 Å². The van der Waals surface area contributed by atoms with Crippen LogP contribution in [-0.4, -0.2) is 95.7 Å². The van der Waals surface area contributed by atoms with Crippen molar-refractivity contribution in [3.8, 4) is 12.1 Å². The number of nitriles is 1. The highest BCUT2D eigenvalue weighted by atomic mass is 16.5. The number of likely N-dealkylation sites (N-methyl/N-ethyl adjacent to an activating group) is 1. The van der Waals surface area contributed by atoms with E-state index in [4.69, 9.17) is 14.7 Å². The number of pyridine rings is 1. The normalized spacial score (nSPS) is 23.9. The van der Waals surface area contributed by atoms with E-state index in [0.717, 1.165) is 75.5 Å².